The number of ether oxygens (including phenoxy) is 2. The monoisotopic (exact) mass is 397 g/mol. The van der Waals surface area contributed by atoms with Crippen molar-refractivity contribution in [2.24, 2.45) is 0 Å². The van der Waals surface area contributed by atoms with Gasteiger partial charge in [-0.25, -0.2) is 4.68 Å². The third-order valence-corrected chi connectivity index (χ3v) is 2.88. The van der Waals surface area contributed by atoms with Crippen molar-refractivity contribution in [1.82, 2.24) is 9.78 Å². The molecule has 1 amide bonds. The Morgan fingerprint density at radius 3 is 2.48 bits per heavy atom. The fourth-order valence-corrected chi connectivity index (χ4v) is 1.85. The smallest absolute Gasteiger partial charge is 0.422 e. The molecule has 0 saturated carbocycles. The Balaban J connectivity index is 1.91. The van der Waals surface area contributed by atoms with E-state index >= 15 is 0 Å². The van der Waals surface area contributed by atoms with Crippen LogP contribution in [-0.2, 0) is 11.5 Å². The summed E-state index contributed by atoms with van der Waals surface area (Å²) < 4.78 is 82.4. The van der Waals surface area contributed by atoms with E-state index < -0.39 is 38.2 Å². The highest BCUT2D eigenvalue weighted by atomic mass is 19.4. The average Bonchev–Trinajstić information content (AvgIpc) is 2.98. The summed E-state index contributed by atoms with van der Waals surface area (Å²) in [4.78, 5) is 12.1. The minimum absolute atomic E-state index is 0.0238. The summed E-state index contributed by atoms with van der Waals surface area (Å²) in [6.07, 6.45) is -6.57. The Morgan fingerprint density at radius 1 is 1.11 bits per heavy atom. The summed E-state index contributed by atoms with van der Waals surface area (Å²) in [5, 5.41) is 6.12. The lowest BCUT2D eigenvalue weighted by Gasteiger charge is -2.10. The van der Waals surface area contributed by atoms with E-state index in [0.29, 0.717) is 0 Å². The number of nitrogens with one attached hydrogen (secondary N) is 1. The second-order valence-corrected chi connectivity index (χ2v) is 5.25. The maximum absolute atomic E-state index is 12.2. The first-order chi connectivity index (χ1) is 12.5. The van der Waals surface area contributed by atoms with Gasteiger partial charge in [0, 0.05) is 5.56 Å². The Hall–Kier alpha value is -2.76. The average molecular weight is 397 g/mol. The van der Waals surface area contributed by atoms with Gasteiger partial charge < -0.3 is 14.8 Å². The SMILES string of the molecule is O=C(Nc1cnn(COCC(F)(F)F)c1)c1cccc(OCC(F)(F)F)c1. The van der Waals surface area contributed by atoms with Crippen molar-refractivity contribution in [3.05, 3.63) is 42.2 Å². The van der Waals surface area contributed by atoms with Crippen LogP contribution >= 0.6 is 0 Å². The van der Waals surface area contributed by atoms with Gasteiger partial charge in [-0.3, -0.25) is 4.79 Å². The molecule has 0 bridgehead atoms. The summed E-state index contributed by atoms with van der Waals surface area (Å²) in [5.41, 5.74) is 0.188. The van der Waals surface area contributed by atoms with E-state index in [9.17, 15) is 31.1 Å². The van der Waals surface area contributed by atoms with Crippen LogP contribution in [0.1, 0.15) is 10.4 Å². The van der Waals surface area contributed by atoms with Gasteiger partial charge in [0.2, 0.25) is 0 Å². The molecule has 0 saturated heterocycles. The number of alkyl halides is 6. The minimum atomic E-state index is -4.51. The van der Waals surface area contributed by atoms with Gasteiger partial charge in [0.05, 0.1) is 18.1 Å². The molecule has 0 aliphatic rings. The van der Waals surface area contributed by atoms with Crippen LogP contribution in [0.25, 0.3) is 0 Å². The van der Waals surface area contributed by atoms with Gasteiger partial charge in [-0.1, -0.05) is 6.07 Å². The van der Waals surface area contributed by atoms with Crippen molar-refractivity contribution in [1.29, 1.82) is 0 Å². The minimum Gasteiger partial charge on any atom is -0.484 e. The molecule has 0 atom stereocenters. The van der Waals surface area contributed by atoms with E-state index in [2.05, 4.69) is 19.9 Å². The molecule has 0 radical (unpaired) electrons. The number of carbonyl (C=O) groups is 1. The predicted molar refractivity (Wildman–Crippen MR) is 80.2 cm³/mol. The molecule has 0 fully saturated rings. The third kappa shape index (κ3) is 7.56. The zero-order valence-electron chi connectivity index (χ0n) is 13.5. The molecule has 1 aromatic heterocycles. The van der Waals surface area contributed by atoms with Crippen LogP contribution in [0.15, 0.2) is 36.7 Å². The standard InChI is InChI=1S/C15H13F6N3O3/c16-14(17,18)7-26-9-24-6-11(5-22-24)23-13(25)10-2-1-3-12(4-10)27-8-15(19,20)21/h1-6H,7-9H2,(H,23,25). The molecule has 0 spiro atoms. The first kappa shape index (κ1) is 20.6. The molecule has 0 unspecified atom stereocenters. The zero-order valence-corrected chi connectivity index (χ0v) is 13.5. The van der Waals surface area contributed by atoms with Crippen LogP contribution in [0, 0.1) is 0 Å². The Morgan fingerprint density at radius 2 is 1.81 bits per heavy atom. The summed E-state index contributed by atoms with van der Waals surface area (Å²) >= 11 is 0. The second kappa shape index (κ2) is 8.29. The van der Waals surface area contributed by atoms with Crippen LogP contribution in [0.4, 0.5) is 32.0 Å². The zero-order chi connectivity index (χ0) is 20.1. The molecule has 148 valence electrons. The first-order valence-electron chi connectivity index (χ1n) is 7.30. The number of amides is 1. The maximum atomic E-state index is 12.2. The number of hydrogen-bond acceptors (Lipinski definition) is 4. The van der Waals surface area contributed by atoms with E-state index in [1.54, 1.807) is 0 Å². The van der Waals surface area contributed by atoms with Crippen LogP contribution in [0.5, 0.6) is 5.75 Å². The molecule has 1 aromatic carbocycles. The number of aromatic nitrogens is 2. The summed E-state index contributed by atoms with van der Waals surface area (Å²) in [7, 11) is 0. The van der Waals surface area contributed by atoms with Crippen molar-refractivity contribution in [2.45, 2.75) is 19.1 Å². The van der Waals surface area contributed by atoms with E-state index in [1.165, 1.54) is 30.6 Å². The largest absolute Gasteiger partial charge is 0.484 e. The summed E-state index contributed by atoms with van der Waals surface area (Å²) in [6, 6.07) is 5.08. The van der Waals surface area contributed by atoms with Crippen LogP contribution in [0.2, 0.25) is 0 Å². The lowest BCUT2D eigenvalue weighted by Crippen LogP contribution is -2.19. The first-order valence-corrected chi connectivity index (χ1v) is 7.30. The van der Waals surface area contributed by atoms with Crippen molar-refractivity contribution >= 4 is 11.6 Å². The topological polar surface area (TPSA) is 65.4 Å². The van der Waals surface area contributed by atoms with E-state index in [0.717, 1.165) is 10.7 Å². The Labute approximate surface area is 148 Å². The summed E-state index contributed by atoms with van der Waals surface area (Å²) in [5.74, 6) is -0.806. The van der Waals surface area contributed by atoms with Crippen LogP contribution in [-0.4, -0.2) is 41.3 Å². The lowest BCUT2D eigenvalue weighted by atomic mass is 10.2. The molecule has 2 rings (SSSR count). The second-order valence-electron chi connectivity index (χ2n) is 5.25. The Kier molecular flexibility index (Phi) is 6.31. The van der Waals surface area contributed by atoms with E-state index in [4.69, 9.17) is 0 Å². The highest BCUT2D eigenvalue weighted by Gasteiger charge is 2.28. The number of benzene rings is 1. The number of rotatable bonds is 7. The number of hydrogen-bond donors (Lipinski definition) is 1. The number of carbonyl (C=O) groups excluding carboxylic acids is 1. The molecular formula is C15H13F6N3O3. The molecule has 0 aliphatic heterocycles. The van der Waals surface area contributed by atoms with Crippen molar-refractivity contribution < 1.29 is 40.6 Å². The molecule has 6 nitrogen and oxygen atoms in total. The van der Waals surface area contributed by atoms with Gasteiger partial charge in [0.25, 0.3) is 5.91 Å². The van der Waals surface area contributed by atoms with Crippen molar-refractivity contribution in [3.8, 4) is 5.75 Å². The van der Waals surface area contributed by atoms with Crippen LogP contribution < -0.4 is 10.1 Å². The molecular weight excluding hydrogens is 384 g/mol. The molecule has 1 N–H and O–H groups in total. The summed E-state index contributed by atoms with van der Waals surface area (Å²) in [6.45, 7) is -3.42. The predicted octanol–water partition coefficient (Wildman–Crippen LogP) is 3.61. The molecule has 12 heteroatoms. The Bertz CT molecular complexity index is 773. The quantitative estimate of drug-likeness (QED) is 0.725. The number of nitrogens with zero attached hydrogens (tertiary/aromatic N) is 2. The molecule has 1 heterocycles. The van der Waals surface area contributed by atoms with Gasteiger partial charge in [-0.2, -0.15) is 31.4 Å². The van der Waals surface area contributed by atoms with Gasteiger partial charge in [0.1, 0.15) is 19.1 Å². The normalized spacial score (nSPS) is 12.1. The van der Waals surface area contributed by atoms with Crippen molar-refractivity contribution in [2.75, 3.05) is 18.5 Å². The van der Waals surface area contributed by atoms with Crippen LogP contribution in [0.3, 0.4) is 0 Å². The molecule has 2 aromatic rings. The highest BCUT2D eigenvalue weighted by molar-refractivity contribution is 6.04. The molecule has 27 heavy (non-hydrogen) atoms. The van der Waals surface area contributed by atoms with Gasteiger partial charge in [-0.15, -0.1) is 0 Å². The molecule has 0 aliphatic carbocycles. The highest BCUT2D eigenvalue weighted by Crippen LogP contribution is 2.20. The fourth-order valence-electron chi connectivity index (χ4n) is 1.85. The van der Waals surface area contributed by atoms with Crippen molar-refractivity contribution in [3.63, 3.8) is 0 Å². The van der Waals surface area contributed by atoms with E-state index in [1.807, 2.05) is 0 Å². The number of halogens is 6. The lowest BCUT2D eigenvalue weighted by molar-refractivity contribution is -0.182. The van der Waals surface area contributed by atoms with E-state index in [-0.39, 0.29) is 17.0 Å². The van der Waals surface area contributed by atoms with Gasteiger partial charge >= 0.3 is 12.4 Å². The third-order valence-electron chi connectivity index (χ3n) is 2.88. The fraction of sp³-hybridized carbons (Fsp3) is 0.333. The maximum Gasteiger partial charge on any atom is 0.422 e. The number of anilines is 1. The van der Waals surface area contributed by atoms with Gasteiger partial charge in [0.15, 0.2) is 6.61 Å². The van der Waals surface area contributed by atoms with Gasteiger partial charge in [-0.05, 0) is 18.2 Å².